The van der Waals surface area contributed by atoms with Crippen molar-refractivity contribution in [3.63, 3.8) is 0 Å². The van der Waals surface area contributed by atoms with E-state index in [1.165, 1.54) is 0 Å². The highest BCUT2D eigenvalue weighted by atomic mass is 35.5. The van der Waals surface area contributed by atoms with Gasteiger partial charge in [0.25, 0.3) is 0 Å². The summed E-state index contributed by atoms with van der Waals surface area (Å²) in [5.41, 5.74) is 1.07. The minimum atomic E-state index is -4.76. The fourth-order valence-corrected chi connectivity index (χ4v) is 4.34. The first-order valence-corrected chi connectivity index (χ1v) is 9.67. The molecule has 0 radical (unpaired) electrons. The number of carbonyl (C=O) groups excluding carboxylic acids is 1. The molecule has 0 spiro atoms. The van der Waals surface area contributed by atoms with Crippen molar-refractivity contribution in [2.24, 2.45) is 5.92 Å². The molecule has 146 valence electrons. The Morgan fingerprint density at radius 2 is 1.96 bits per heavy atom. The molecule has 0 aliphatic carbocycles. The van der Waals surface area contributed by atoms with Crippen LogP contribution in [0.4, 0.5) is 13.2 Å². The van der Waals surface area contributed by atoms with Crippen molar-refractivity contribution in [3.05, 3.63) is 28.8 Å². The molecule has 0 bridgehead atoms. The zero-order valence-electron chi connectivity index (χ0n) is 13.8. The van der Waals surface area contributed by atoms with E-state index in [2.05, 4.69) is 5.48 Å². The standard InChI is InChI=1S/C15H18ClF3N2O4S/c1-2-25-20-14(22)10-5-7-21(8-6-10)26(23,24)11-3-4-13(16)12(9-11)15(17,18)19/h3-4,9-10H,2,5-8H2,1H3,(H,20,22). The van der Waals surface area contributed by atoms with Gasteiger partial charge >= 0.3 is 6.18 Å². The summed E-state index contributed by atoms with van der Waals surface area (Å²) in [5.74, 6) is -0.751. The van der Waals surface area contributed by atoms with Gasteiger partial charge in [-0.25, -0.2) is 13.9 Å². The lowest BCUT2D eigenvalue weighted by Gasteiger charge is -2.30. The maximum Gasteiger partial charge on any atom is 0.417 e. The smallest absolute Gasteiger partial charge is 0.274 e. The first-order valence-electron chi connectivity index (χ1n) is 7.86. The summed E-state index contributed by atoms with van der Waals surface area (Å²) in [6.45, 7) is 2.06. The molecule has 0 aromatic heterocycles. The molecule has 6 nitrogen and oxygen atoms in total. The quantitative estimate of drug-likeness (QED) is 0.752. The summed E-state index contributed by atoms with van der Waals surface area (Å²) in [6, 6.07) is 2.49. The average molecular weight is 415 g/mol. The minimum Gasteiger partial charge on any atom is -0.274 e. The van der Waals surface area contributed by atoms with Crippen molar-refractivity contribution in [3.8, 4) is 0 Å². The van der Waals surface area contributed by atoms with Crippen LogP contribution in [0.15, 0.2) is 23.1 Å². The first kappa shape index (κ1) is 20.9. The maximum atomic E-state index is 13.0. The van der Waals surface area contributed by atoms with Crippen molar-refractivity contribution in [1.82, 2.24) is 9.79 Å². The third-order valence-corrected chi connectivity index (χ3v) is 6.25. The summed E-state index contributed by atoms with van der Waals surface area (Å²) >= 11 is 5.53. The maximum absolute atomic E-state index is 13.0. The van der Waals surface area contributed by atoms with Crippen LogP contribution in [0.3, 0.4) is 0 Å². The Bertz CT molecular complexity index is 763. The van der Waals surface area contributed by atoms with E-state index in [1.807, 2.05) is 0 Å². The van der Waals surface area contributed by atoms with Gasteiger partial charge < -0.3 is 0 Å². The van der Waals surface area contributed by atoms with E-state index in [-0.39, 0.29) is 31.8 Å². The number of benzene rings is 1. The highest BCUT2D eigenvalue weighted by Crippen LogP contribution is 2.36. The van der Waals surface area contributed by atoms with E-state index < -0.39 is 37.6 Å². The molecule has 1 aromatic rings. The number of hydrogen-bond donors (Lipinski definition) is 1. The van der Waals surface area contributed by atoms with E-state index in [4.69, 9.17) is 16.4 Å². The number of nitrogens with zero attached hydrogens (tertiary/aromatic N) is 1. The Kier molecular flexibility index (Phi) is 6.54. The summed E-state index contributed by atoms with van der Waals surface area (Å²) < 4.78 is 65.2. The summed E-state index contributed by atoms with van der Waals surface area (Å²) in [7, 11) is -4.12. The molecule has 1 heterocycles. The van der Waals surface area contributed by atoms with Crippen molar-refractivity contribution in [1.29, 1.82) is 0 Å². The van der Waals surface area contributed by atoms with Crippen LogP contribution in [-0.2, 0) is 25.8 Å². The molecule has 1 saturated heterocycles. The second-order valence-corrected chi connectivity index (χ2v) is 8.06. The normalized spacial score (nSPS) is 17.3. The number of nitrogens with one attached hydrogen (secondary N) is 1. The molecule has 1 aliphatic rings. The number of piperidine rings is 1. The Balaban J connectivity index is 2.14. The highest BCUT2D eigenvalue weighted by Gasteiger charge is 2.37. The van der Waals surface area contributed by atoms with Crippen LogP contribution >= 0.6 is 11.6 Å². The van der Waals surface area contributed by atoms with Gasteiger partial charge in [0, 0.05) is 19.0 Å². The lowest BCUT2D eigenvalue weighted by Crippen LogP contribution is -2.43. The molecular formula is C15H18ClF3N2O4S. The molecule has 1 N–H and O–H groups in total. The molecule has 1 fully saturated rings. The van der Waals surface area contributed by atoms with Crippen LogP contribution in [0.2, 0.25) is 5.02 Å². The fourth-order valence-electron chi connectivity index (χ4n) is 2.62. The molecule has 1 aromatic carbocycles. The topological polar surface area (TPSA) is 75.7 Å². The van der Waals surface area contributed by atoms with Gasteiger partial charge in [0.15, 0.2) is 0 Å². The van der Waals surface area contributed by atoms with Crippen LogP contribution in [0.25, 0.3) is 0 Å². The molecule has 0 saturated carbocycles. The minimum absolute atomic E-state index is 0.0243. The number of halogens is 4. The molecule has 1 aliphatic heterocycles. The average Bonchev–Trinajstić information content (AvgIpc) is 2.59. The summed E-state index contributed by atoms with van der Waals surface area (Å²) in [6.07, 6.45) is -4.26. The Morgan fingerprint density at radius 3 is 2.50 bits per heavy atom. The molecule has 0 unspecified atom stereocenters. The lowest BCUT2D eigenvalue weighted by atomic mass is 9.98. The second-order valence-electron chi connectivity index (χ2n) is 5.72. The summed E-state index contributed by atoms with van der Waals surface area (Å²) in [5, 5.41) is -0.567. The zero-order valence-corrected chi connectivity index (χ0v) is 15.4. The lowest BCUT2D eigenvalue weighted by molar-refractivity contribution is -0.139. The number of carbonyl (C=O) groups is 1. The van der Waals surface area contributed by atoms with Crippen LogP contribution in [-0.4, -0.2) is 38.3 Å². The largest absolute Gasteiger partial charge is 0.417 e. The van der Waals surface area contributed by atoms with Crippen molar-refractivity contribution in [2.75, 3.05) is 19.7 Å². The monoisotopic (exact) mass is 414 g/mol. The van der Waals surface area contributed by atoms with Crippen LogP contribution in [0, 0.1) is 5.92 Å². The van der Waals surface area contributed by atoms with Crippen LogP contribution in [0.5, 0.6) is 0 Å². The van der Waals surface area contributed by atoms with Gasteiger partial charge in [0.2, 0.25) is 15.9 Å². The van der Waals surface area contributed by atoms with E-state index >= 15 is 0 Å². The van der Waals surface area contributed by atoms with E-state index in [0.29, 0.717) is 12.7 Å². The van der Waals surface area contributed by atoms with Crippen molar-refractivity contribution in [2.45, 2.75) is 30.8 Å². The molecular weight excluding hydrogens is 397 g/mol. The van der Waals surface area contributed by atoms with E-state index in [9.17, 15) is 26.4 Å². The highest BCUT2D eigenvalue weighted by molar-refractivity contribution is 7.89. The number of sulfonamides is 1. The Morgan fingerprint density at radius 1 is 1.35 bits per heavy atom. The van der Waals surface area contributed by atoms with Gasteiger partial charge in [0.05, 0.1) is 22.1 Å². The molecule has 0 atom stereocenters. The number of rotatable bonds is 5. The molecule has 11 heteroatoms. The SMILES string of the molecule is CCONC(=O)C1CCN(S(=O)(=O)c2ccc(Cl)c(C(F)(F)F)c2)CC1. The van der Waals surface area contributed by atoms with E-state index in [0.717, 1.165) is 16.4 Å². The third-order valence-electron chi connectivity index (χ3n) is 4.02. The van der Waals surface area contributed by atoms with Gasteiger partial charge in [-0.3, -0.25) is 9.63 Å². The predicted molar refractivity (Wildman–Crippen MR) is 87.7 cm³/mol. The first-order chi connectivity index (χ1) is 12.1. The van der Waals surface area contributed by atoms with E-state index in [1.54, 1.807) is 6.92 Å². The number of amides is 1. The number of hydroxylamine groups is 1. The zero-order chi connectivity index (χ0) is 19.5. The molecule has 2 rings (SSSR count). The number of hydrogen-bond acceptors (Lipinski definition) is 4. The van der Waals surface area contributed by atoms with Gasteiger partial charge in [0.1, 0.15) is 0 Å². The van der Waals surface area contributed by atoms with Gasteiger partial charge in [-0.05, 0) is 38.0 Å². The van der Waals surface area contributed by atoms with Crippen LogP contribution < -0.4 is 5.48 Å². The fraction of sp³-hybridized carbons (Fsp3) is 0.533. The van der Waals surface area contributed by atoms with Gasteiger partial charge in [-0.1, -0.05) is 11.6 Å². The summed E-state index contributed by atoms with van der Waals surface area (Å²) in [4.78, 5) is 16.2. The number of alkyl halides is 3. The molecule has 26 heavy (non-hydrogen) atoms. The van der Waals surface area contributed by atoms with Crippen LogP contribution in [0.1, 0.15) is 25.3 Å². The Hall–Kier alpha value is -1.36. The third kappa shape index (κ3) is 4.67. The Labute approximate surface area is 154 Å². The molecule has 1 amide bonds. The van der Waals surface area contributed by atoms with Gasteiger partial charge in [-0.15, -0.1) is 0 Å². The second kappa shape index (κ2) is 8.12. The van der Waals surface area contributed by atoms with Crippen molar-refractivity contribution < 1.29 is 31.2 Å². The van der Waals surface area contributed by atoms with Crippen molar-refractivity contribution >= 4 is 27.5 Å². The van der Waals surface area contributed by atoms with Gasteiger partial charge in [-0.2, -0.15) is 17.5 Å². The predicted octanol–water partition coefficient (Wildman–Crippen LogP) is 2.83.